The van der Waals surface area contributed by atoms with Crippen LogP contribution in [0.1, 0.15) is 5.82 Å². The molecule has 0 bridgehead atoms. The minimum absolute atomic E-state index is 0.663. The number of rotatable bonds is 0. The summed E-state index contributed by atoms with van der Waals surface area (Å²) in [6.45, 7) is 8.85. The van der Waals surface area contributed by atoms with Crippen LogP contribution in [0.5, 0.6) is 0 Å². The van der Waals surface area contributed by atoms with Gasteiger partial charge < -0.3 is 4.57 Å². The van der Waals surface area contributed by atoms with Gasteiger partial charge in [0.15, 0.2) is 5.69 Å². The van der Waals surface area contributed by atoms with Crippen molar-refractivity contribution < 1.29 is 0 Å². The molecule has 0 fully saturated rings. The van der Waals surface area contributed by atoms with Crippen LogP contribution in [0, 0.1) is 13.5 Å². The molecule has 1 aromatic carbocycles. The van der Waals surface area contributed by atoms with Gasteiger partial charge in [-0.3, -0.25) is 0 Å². The average Bonchev–Trinajstić information content (AvgIpc) is 2.43. The molecule has 0 aliphatic rings. The molecule has 0 amide bonds. The molecule has 0 saturated heterocycles. The fourth-order valence-corrected chi connectivity index (χ4v) is 1.37. The first-order chi connectivity index (χ1) is 6.22. The van der Waals surface area contributed by atoms with Gasteiger partial charge in [-0.15, -0.1) is 0 Å². The number of hydrogen-bond donors (Lipinski definition) is 0. The minimum atomic E-state index is 0.663. The van der Waals surface area contributed by atoms with Gasteiger partial charge in [-0.2, -0.15) is 0 Å². The van der Waals surface area contributed by atoms with Gasteiger partial charge >= 0.3 is 0 Å². The van der Waals surface area contributed by atoms with Gasteiger partial charge in [0.25, 0.3) is 0 Å². The van der Waals surface area contributed by atoms with Crippen molar-refractivity contribution >= 4 is 16.7 Å². The Kier molecular flexibility index (Phi) is 1.56. The summed E-state index contributed by atoms with van der Waals surface area (Å²) in [4.78, 5) is 7.73. The van der Waals surface area contributed by atoms with Crippen molar-refractivity contribution in [3.8, 4) is 0 Å². The minimum Gasteiger partial charge on any atom is -0.332 e. The molecule has 0 N–H and O–H groups in total. The number of aromatic nitrogens is 2. The van der Waals surface area contributed by atoms with Crippen molar-refractivity contribution in [2.75, 3.05) is 0 Å². The van der Waals surface area contributed by atoms with E-state index < -0.39 is 0 Å². The average molecular weight is 171 g/mol. The van der Waals surface area contributed by atoms with Crippen LogP contribution in [0.4, 0.5) is 5.69 Å². The maximum absolute atomic E-state index is 6.89. The van der Waals surface area contributed by atoms with Crippen LogP contribution in [-0.4, -0.2) is 9.55 Å². The molecule has 0 unspecified atom stereocenters. The van der Waals surface area contributed by atoms with E-state index in [0.29, 0.717) is 5.69 Å². The fourth-order valence-electron chi connectivity index (χ4n) is 1.37. The normalized spacial score (nSPS) is 10.2. The molecule has 64 valence electrons. The van der Waals surface area contributed by atoms with Crippen LogP contribution in [0.15, 0.2) is 18.2 Å². The molecule has 3 nitrogen and oxygen atoms in total. The van der Waals surface area contributed by atoms with Crippen molar-refractivity contribution in [2.24, 2.45) is 7.05 Å². The summed E-state index contributed by atoms with van der Waals surface area (Å²) in [6.07, 6.45) is 0. The summed E-state index contributed by atoms with van der Waals surface area (Å²) in [5, 5.41) is 0. The van der Waals surface area contributed by atoms with Gasteiger partial charge in [0.05, 0.1) is 17.6 Å². The summed E-state index contributed by atoms with van der Waals surface area (Å²) in [6, 6.07) is 5.54. The standard InChI is InChI=1S/C10H9N3/c1-7-12-9-5-4-8(11-2)6-10(9)13(7)3/h4-6H,1,3H3. The maximum atomic E-state index is 6.89. The number of nitrogens with zero attached hydrogens (tertiary/aromatic N) is 3. The molecule has 2 rings (SSSR count). The van der Waals surface area contributed by atoms with Gasteiger partial charge in [0.2, 0.25) is 0 Å². The Labute approximate surface area is 76.4 Å². The highest BCUT2D eigenvalue weighted by Crippen LogP contribution is 2.20. The summed E-state index contributed by atoms with van der Waals surface area (Å²) in [5.74, 6) is 0.970. The zero-order valence-corrected chi connectivity index (χ0v) is 7.57. The summed E-state index contributed by atoms with van der Waals surface area (Å²) >= 11 is 0. The van der Waals surface area contributed by atoms with E-state index in [1.54, 1.807) is 6.07 Å². The smallest absolute Gasteiger partial charge is 0.189 e. The van der Waals surface area contributed by atoms with Crippen LogP contribution >= 0.6 is 0 Å². The molecule has 0 aliphatic carbocycles. The lowest BCUT2D eigenvalue weighted by Gasteiger charge is -1.95. The molecule has 13 heavy (non-hydrogen) atoms. The lowest BCUT2D eigenvalue weighted by atomic mass is 10.3. The first kappa shape index (κ1) is 7.81. The van der Waals surface area contributed by atoms with E-state index >= 15 is 0 Å². The largest absolute Gasteiger partial charge is 0.332 e. The Morgan fingerprint density at radius 3 is 2.92 bits per heavy atom. The third-order valence-corrected chi connectivity index (χ3v) is 2.22. The molecule has 1 aromatic heterocycles. The van der Waals surface area contributed by atoms with Gasteiger partial charge in [-0.25, -0.2) is 9.83 Å². The Balaban J connectivity index is 2.84. The van der Waals surface area contributed by atoms with Crippen molar-refractivity contribution in [1.82, 2.24) is 9.55 Å². The lowest BCUT2D eigenvalue weighted by Crippen LogP contribution is -1.89. The van der Waals surface area contributed by atoms with Crippen LogP contribution in [0.25, 0.3) is 15.9 Å². The first-order valence-corrected chi connectivity index (χ1v) is 4.03. The van der Waals surface area contributed by atoms with E-state index in [0.717, 1.165) is 16.9 Å². The van der Waals surface area contributed by atoms with Gasteiger partial charge in [-0.05, 0) is 19.1 Å². The monoisotopic (exact) mass is 171 g/mol. The highest BCUT2D eigenvalue weighted by atomic mass is 15.0. The summed E-state index contributed by atoms with van der Waals surface area (Å²) in [7, 11) is 1.96. The third-order valence-electron chi connectivity index (χ3n) is 2.22. The predicted octanol–water partition coefficient (Wildman–Crippen LogP) is 2.43. The number of hydrogen-bond acceptors (Lipinski definition) is 1. The molecule has 0 radical (unpaired) electrons. The molecule has 0 saturated carbocycles. The van der Waals surface area contributed by atoms with Gasteiger partial charge in [0, 0.05) is 7.05 Å². The predicted molar refractivity (Wildman–Crippen MR) is 51.7 cm³/mol. The lowest BCUT2D eigenvalue weighted by molar-refractivity contribution is 0.886. The molecule has 0 atom stereocenters. The molecule has 0 spiro atoms. The number of imidazole rings is 1. The van der Waals surface area contributed by atoms with Gasteiger partial charge in [-0.1, -0.05) is 6.07 Å². The molecule has 0 aliphatic heterocycles. The number of fused-ring (bicyclic) bond motifs is 1. The van der Waals surface area contributed by atoms with Crippen LogP contribution in [0.2, 0.25) is 0 Å². The van der Waals surface area contributed by atoms with Crippen LogP contribution in [-0.2, 0) is 7.05 Å². The zero-order chi connectivity index (χ0) is 9.42. The molecule has 1 heterocycles. The van der Waals surface area contributed by atoms with Crippen LogP contribution in [0.3, 0.4) is 0 Å². The Morgan fingerprint density at radius 2 is 2.23 bits per heavy atom. The Hall–Kier alpha value is -1.82. The maximum Gasteiger partial charge on any atom is 0.189 e. The highest BCUT2D eigenvalue weighted by molar-refractivity contribution is 5.80. The Bertz CT molecular complexity index is 503. The summed E-state index contributed by atoms with van der Waals surface area (Å²) in [5.41, 5.74) is 2.63. The van der Waals surface area contributed by atoms with Crippen molar-refractivity contribution in [3.63, 3.8) is 0 Å². The van der Waals surface area contributed by atoms with Crippen molar-refractivity contribution in [2.45, 2.75) is 6.92 Å². The number of aryl methyl sites for hydroxylation is 2. The van der Waals surface area contributed by atoms with E-state index in [-0.39, 0.29) is 0 Å². The van der Waals surface area contributed by atoms with E-state index in [1.807, 2.05) is 30.7 Å². The van der Waals surface area contributed by atoms with Crippen molar-refractivity contribution in [1.29, 1.82) is 0 Å². The second-order valence-corrected chi connectivity index (χ2v) is 3.00. The SMILES string of the molecule is [C-]#[N+]c1ccc2nc(C)n(C)c2c1. The van der Waals surface area contributed by atoms with Crippen LogP contribution < -0.4 is 0 Å². The Morgan fingerprint density at radius 1 is 1.46 bits per heavy atom. The second-order valence-electron chi connectivity index (χ2n) is 3.00. The molecule has 3 heteroatoms. The fraction of sp³-hybridized carbons (Fsp3) is 0.200. The summed E-state index contributed by atoms with van der Waals surface area (Å²) < 4.78 is 1.99. The second kappa shape index (κ2) is 2.60. The quantitative estimate of drug-likeness (QED) is 0.558. The topological polar surface area (TPSA) is 22.2 Å². The zero-order valence-electron chi connectivity index (χ0n) is 7.57. The third kappa shape index (κ3) is 1.07. The molecule has 2 aromatic rings. The van der Waals surface area contributed by atoms with Gasteiger partial charge in [0.1, 0.15) is 5.82 Å². The molecular formula is C10H9N3. The van der Waals surface area contributed by atoms with E-state index in [9.17, 15) is 0 Å². The number of benzene rings is 1. The van der Waals surface area contributed by atoms with E-state index in [4.69, 9.17) is 6.57 Å². The first-order valence-electron chi connectivity index (χ1n) is 4.03. The van der Waals surface area contributed by atoms with Crippen molar-refractivity contribution in [3.05, 3.63) is 35.4 Å². The highest BCUT2D eigenvalue weighted by Gasteiger charge is 2.03. The van der Waals surface area contributed by atoms with E-state index in [2.05, 4.69) is 9.83 Å². The molecular weight excluding hydrogens is 162 g/mol. The van der Waals surface area contributed by atoms with E-state index in [1.165, 1.54) is 0 Å².